The van der Waals surface area contributed by atoms with Crippen LogP contribution in [0, 0.1) is 0 Å². The molecular weight excluding hydrogens is 386 g/mol. The number of aromatic nitrogens is 2. The number of hydrogen-bond donors (Lipinski definition) is 1. The topological polar surface area (TPSA) is 73.2 Å². The Hall–Kier alpha value is -2.67. The number of esters is 1. The van der Waals surface area contributed by atoms with Gasteiger partial charge in [-0.1, -0.05) is 0 Å². The molecule has 4 rings (SSSR count). The molecule has 0 saturated heterocycles. The van der Waals surface area contributed by atoms with E-state index in [1.165, 1.54) is 16.9 Å². The van der Waals surface area contributed by atoms with Crippen LogP contribution in [-0.4, -0.2) is 22.1 Å². The number of nitrogens with one attached hydrogen (secondary N) is 1. The molecule has 29 heavy (non-hydrogen) atoms. The monoisotopic (exact) mass is 411 g/mol. The average Bonchev–Trinajstić information content (AvgIpc) is 3.07. The first-order valence-corrected chi connectivity index (χ1v) is 10.9. The fourth-order valence-corrected chi connectivity index (χ4v) is 5.07. The van der Waals surface area contributed by atoms with Crippen molar-refractivity contribution >= 4 is 39.2 Å². The molecule has 0 unspecified atom stereocenters. The molecule has 0 saturated carbocycles. The maximum Gasteiger partial charge on any atom is 0.338 e. The number of aryl methyl sites for hydroxylation is 2. The third-order valence-corrected chi connectivity index (χ3v) is 6.38. The van der Waals surface area contributed by atoms with E-state index >= 15 is 0 Å². The molecule has 3 aromatic rings. The molecule has 152 valence electrons. The number of rotatable bonds is 5. The van der Waals surface area contributed by atoms with Crippen molar-refractivity contribution in [2.75, 3.05) is 11.9 Å². The summed E-state index contributed by atoms with van der Waals surface area (Å²) in [6, 6.07) is 6.99. The fourth-order valence-electron chi connectivity index (χ4n) is 3.82. The second-order valence-electron chi connectivity index (χ2n) is 7.52. The van der Waals surface area contributed by atoms with Crippen molar-refractivity contribution in [3.63, 3.8) is 0 Å². The number of carbonyl (C=O) groups excluding carboxylic acids is 1. The van der Waals surface area contributed by atoms with Gasteiger partial charge in [-0.15, -0.1) is 11.3 Å². The van der Waals surface area contributed by atoms with Gasteiger partial charge in [0.05, 0.1) is 17.6 Å². The minimum Gasteiger partial charge on any atom is -0.462 e. The van der Waals surface area contributed by atoms with Crippen LogP contribution >= 0.6 is 11.3 Å². The van der Waals surface area contributed by atoms with Gasteiger partial charge in [0.15, 0.2) is 0 Å². The van der Waals surface area contributed by atoms with Gasteiger partial charge in [-0.05, 0) is 76.3 Å². The van der Waals surface area contributed by atoms with Gasteiger partial charge in [-0.2, -0.15) is 0 Å². The Bertz CT molecular complexity index is 1110. The van der Waals surface area contributed by atoms with E-state index in [4.69, 9.17) is 9.72 Å². The zero-order chi connectivity index (χ0) is 20.5. The van der Waals surface area contributed by atoms with Crippen LogP contribution in [0.15, 0.2) is 29.1 Å². The number of carbonyl (C=O) groups is 1. The molecule has 1 N–H and O–H groups in total. The molecule has 2 aromatic heterocycles. The first-order valence-electron chi connectivity index (χ1n) is 10.1. The third kappa shape index (κ3) is 3.67. The van der Waals surface area contributed by atoms with Gasteiger partial charge in [-0.3, -0.25) is 9.36 Å². The van der Waals surface area contributed by atoms with Gasteiger partial charge < -0.3 is 10.1 Å². The summed E-state index contributed by atoms with van der Waals surface area (Å²) in [5.41, 5.74) is 2.48. The smallest absolute Gasteiger partial charge is 0.338 e. The highest BCUT2D eigenvalue weighted by molar-refractivity contribution is 7.18. The lowest BCUT2D eigenvalue weighted by Gasteiger charge is -2.17. The Labute approximate surface area is 173 Å². The molecule has 0 aliphatic heterocycles. The zero-order valence-electron chi connectivity index (χ0n) is 16.9. The van der Waals surface area contributed by atoms with E-state index in [1.54, 1.807) is 47.1 Å². The second kappa shape index (κ2) is 7.99. The maximum atomic E-state index is 13.4. The highest BCUT2D eigenvalue weighted by atomic mass is 32.1. The van der Waals surface area contributed by atoms with Crippen molar-refractivity contribution in [3.8, 4) is 0 Å². The summed E-state index contributed by atoms with van der Waals surface area (Å²) >= 11 is 1.65. The summed E-state index contributed by atoms with van der Waals surface area (Å²) < 4.78 is 6.75. The van der Waals surface area contributed by atoms with E-state index in [0.717, 1.165) is 35.2 Å². The molecule has 7 heteroatoms. The van der Waals surface area contributed by atoms with Crippen LogP contribution in [-0.2, 0) is 17.6 Å². The van der Waals surface area contributed by atoms with Crippen LogP contribution in [0.3, 0.4) is 0 Å². The molecule has 0 atom stereocenters. The van der Waals surface area contributed by atoms with Crippen LogP contribution in [0.2, 0.25) is 0 Å². The Kier molecular flexibility index (Phi) is 5.41. The predicted octanol–water partition coefficient (Wildman–Crippen LogP) is 4.84. The summed E-state index contributed by atoms with van der Waals surface area (Å²) in [4.78, 5) is 32.1. The number of fused-ring (bicyclic) bond motifs is 3. The number of nitrogens with zero attached hydrogens (tertiary/aromatic N) is 2. The number of hydrogen-bond acceptors (Lipinski definition) is 6. The molecule has 1 aliphatic rings. The number of benzene rings is 1. The lowest BCUT2D eigenvalue weighted by Crippen LogP contribution is -2.26. The molecule has 6 nitrogen and oxygen atoms in total. The highest BCUT2D eigenvalue weighted by Gasteiger charge is 2.23. The van der Waals surface area contributed by atoms with E-state index in [0.29, 0.717) is 18.1 Å². The van der Waals surface area contributed by atoms with Gasteiger partial charge in [-0.25, -0.2) is 9.78 Å². The molecule has 1 aromatic carbocycles. The van der Waals surface area contributed by atoms with Gasteiger partial charge in [0.2, 0.25) is 5.95 Å². The molecule has 1 aliphatic carbocycles. The van der Waals surface area contributed by atoms with E-state index in [2.05, 4.69) is 5.32 Å². The van der Waals surface area contributed by atoms with Crippen LogP contribution in [0.5, 0.6) is 0 Å². The summed E-state index contributed by atoms with van der Waals surface area (Å²) in [6.07, 6.45) is 4.31. The highest BCUT2D eigenvalue weighted by Crippen LogP contribution is 2.35. The summed E-state index contributed by atoms with van der Waals surface area (Å²) in [6.45, 7) is 6.10. The molecule has 0 amide bonds. The van der Waals surface area contributed by atoms with Crippen molar-refractivity contribution in [1.29, 1.82) is 0 Å². The fraction of sp³-hybridized carbons (Fsp3) is 0.409. The largest absolute Gasteiger partial charge is 0.462 e. The van der Waals surface area contributed by atoms with Crippen LogP contribution in [0.25, 0.3) is 10.2 Å². The van der Waals surface area contributed by atoms with Gasteiger partial charge in [0, 0.05) is 16.6 Å². The maximum absolute atomic E-state index is 13.4. The average molecular weight is 412 g/mol. The lowest BCUT2D eigenvalue weighted by molar-refractivity contribution is 0.0526. The van der Waals surface area contributed by atoms with Gasteiger partial charge in [0.25, 0.3) is 5.56 Å². The Morgan fingerprint density at radius 2 is 1.97 bits per heavy atom. The number of anilines is 2. The van der Waals surface area contributed by atoms with E-state index < -0.39 is 0 Å². The van der Waals surface area contributed by atoms with E-state index in [9.17, 15) is 9.59 Å². The molecule has 2 heterocycles. The number of thiophene rings is 1. The van der Waals surface area contributed by atoms with E-state index in [-0.39, 0.29) is 17.6 Å². The van der Waals surface area contributed by atoms with E-state index in [1.807, 2.05) is 13.8 Å². The van der Waals surface area contributed by atoms with Crippen LogP contribution < -0.4 is 10.9 Å². The molecule has 0 bridgehead atoms. The van der Waals surface area contributed by atoms with Crippen molar-refractivity contribution in [2.24, 2.45) is 0 Å². The van der Waals surface area contributed by atoms with Crippen molar-refractivity contribution in [2.45, 2.75) is 52.5 Å². The van der Waals surface area contributed by atoms with Gasteiger partial charge in [0.1, 0.15) is 4.83 Å². The first-order chi connectivity index (χ1) is 14.0. The summed E-state index contributed by atoms with van der Waals surface area (Å²) in [5, 5.41) is 4.06. The standard InChI is InChI=1S/C22H25N3O3S/c1-4-28-21(27)14-9-11-15(12-10-14)23-22-24-19-18(20(26)25(22)13(2)3)16-7-5-6-8-17(16)29-19/h9-13H,4-8H2,1-3H3,(H,23,24). The van der Waals surface area contributed by atoms with Crippen molar-refractivity contribution in [3.05, 3.63) is 50.6 Å². The summed E-state index contributed by atoms with van der Waals surface area (Å²) in [7, 11) is 0. The Morgan fingerprint density at radius 1 is 1.24 bits per heavy atom. The molecule has 0 radical (unpaired) electrons. The third-order valence-electron chi connectivity index (χ3n) is 5.19. The number of ether oxygens (including phenoxy) is 1. The SMILES string of the molecule is CCOC(=O)c1ccc(Nc2nc3sc4c(c3c(=O)n2C(C)C)CCCC4)cc1. The van der Waals surface area contributed by atoms with Crippen LogP contribution in [0.1, 0.15) is 60.5 Å². The Morgan fingerprint density at radius 3 is 2.66 bits per heavy atom. The second-order valence-corrected chi connectivity index (χ2v) is 8.60. The van der Waals surface area contributed by atoms with Crippen molar-refractivity contribution in [1.82, 2.24) is 9.55 Å². The summed E-state index contributed by atoms with van der Waals surface area (Å²) in [5.74, 6) is 0.182. The molecular formula is C22H25N3O3S. The molecule has 0 fully saturated rings. The predicted molar refractivity (Wildman–Crippen MR) is 117 cm³/mol. The Balaban J connectivity index is 1.74. The quantitative estimate of drug-likeness (QED) is 0.608. The lowest BCUT2D eigenvalue weighted by atomic mass is 9.97. The molecule has 0 spiro atoms. The normalized spacial score (nSPS) is 13.5. The van der Waals surface area contributed by atoms with Crippen LogP contribution in [0.4, 0.5) is 11.6 Å². The minimum atomic E-state index is -0.346. The first kappa shape index (κ1) is 19.6. The minimum absolute atomic E-state index is 0.0232. The zero-order valence-corrected chi connectivity index (χ0v) is 17.8. The van der Waals surface area contributed by atoms with Crippen molar-refractivity contribution < 1.29 is 9.53 Å². The van der Waals surface area contributed by atoms with Gasteiger partial charge >= 0.3 is 5.97 Å².